The number of benzene rings is 5. The number of β-amino-alcohol motifs (C(OH)–C–C–N with tert-alkyl or cyclic N) is 2. The van der Waals surface area contributed by atoms with E-state index in [9.17, 15) is 10.2 Å². The van der Waals surface area contributed by atoms with E-state index in [2.05, 4.69) is 95.8 Å². The van der Waals surface area contributed by atoms with Gasteiger partial charge in [0.05, 0.1) is 34.7 Å². The third kappa shape index (κ3) is 8.48. The van der Waals surface area contributed by atoms with E-state index in [1.165, 1.54) is 22.3 Å². The summed E-state index contributed by atoms with van der Waals surface area (Å²) in [6.07, 6.45) is 6.04. The minimum atomic E-state index is -0.594. The highest BCUT2D eigenvalue weighted by Crippen LogP contribution is 2.36. The van der Waals surface area contributed by atoms with Crippen molar-refractivity contribution >= 4 is 27.8 Å². The summed E-state index contributed by atoms with van der Waals surface area (Å²) < 4.78 is 7.95. The normalized spacial score (nSPS) is 15.4. The van der Waals surface area contributed by atoms with Gasteiger partial charge >= 0.3 is 0 Å². The highest BCUT2D eigenvalue weighted by atomic mass is 16.5. The summed E-state index contributed by atoms with van der Waals surface area (Å²) in [4.78, 5) is 21.7. The molecular formula is C49H49N9O3. The van der Waals surface area contributed by atoms with Crippen LogP contribution in [0.3, 0.4) is 0 Å². The quantitative estimate of drug-likeness (QED) is 0.0976. The summed E-state index contributed by atoms with van der Waals surface area (Å²) in [6, 6.07) is 35.7. The number of aliphatic hydroxyl groups excluding tert-OH is 2. The lowest BCUT2D eigenvalue weighted by molar-refractivity contribution is 0.0638. The van der Waals surface area contributed by atoms with Crippen molar-refractivity contribution < 1.29 is 14.9 Å². The van der Waals surface area contributed by atoms with Crippen molar-refractivity contribution in [2.24, 2.45) is 7.05 Å². The van der Waals surface area contributed by atoms with Crippen LogP contribution in [0.5, 0.6) is 5.75 Å². The van der Waals surface area contributed by atoms with E-state index < -0.39 is 12.2 Å². The summed E-state index contributed by atoms with van der Waals surface area (Å²) in [5.41, 5.74) is 14.1. The predicted molar refractivity (Wildman–Crippen MR) is 239 cm³/mol. The van der Waals surface area contributed by atoms with Gasteiger partial charge in [0.15, 0.2) is 0 Å². The van der Waals surface area contributed by atoms with E-state index in [0.717, 1.165) is 100 Å². The number of anilines is 1. The maximum absolute atomic E-state index is 11.1. The van der Waals surface area contributed by atoms with Crippen LogP contribution in [0.2, 0.25) is 0 Å². The number of aromatic amines is 1. The molecule has 0 saturated carbocycles. The van der Waals surface area contributed by atoms with Crippen molar-refractivity contribution in [3.8, 4) is 39.3 Å². The lowest BCUT2D eigenvalue weighted by Crippen LogP contribution is -2.39. The summed E-state index contributed by atoms with van der Waals surface area (Å²) in [5, 5.41) is 31.0. The second kappa shape index (κ2) is 16.9. The molecule has 2 unspecified atom stereocenters. The molecule has 0 amide bonds. The number of H-pyrrole nitrogens is 1. The first kappa shape index (κ1) is 38.7. The van der Waals surface area contributed by atoms with Crippen molar-refractivity contribution in [1.82, 2.24) is 39.5 Å². The van der Waals surface area contributed by atoms with Gasteiger partial charge in [-0.05, 0) is 70.5 Å². The third-order valence-corrected chi connectivity index (χ3v) is 12.0. The molecule has 2 aliphatic rings. The van der Waals surface area contributed by atoms with Gasteiger partial charge in [-0.25, -0.2) is 15.0 Å². The molecule has 2 atom stereocenters. The molecule has 0 saturated heterocycles. The molecule has 3 aromatic heterocycles. The zero-order chi connectivity index (χ0) is 41.3. The fourth-order valence-corrected chi connectivity index (χ4v) is 8.95. The van der Waals surface area contributed by atoms with Crippen LogP contribution in [0.15, 0.2) is 122 Å². The summed E-state index contributed by atoms with van der Waals surface area (Å²) in [7, 11) is 1.92. The first-order valence-electron chi connectivity index (χ1n) is 21.1. The number of hydrogen-bond acceptors (Lipinski definition) is 10. The van der Waals surface area contributed by atoms with Crippen LogP contribution in [0.25, 0.3) is 55.4 Å². The number of aryl methyl sites for hydroxylation is 1. The Bertz CT molecular complexity index is 2830. The Labute approximate surface area is 354 Å². The molecule has 8 aromatic rings. The number of rotatable bonds is 13. The first-order chi connectivity index (χ1) is 29.9. The van der Waals surface area contributed by atoms with Crippen molar-refractivity contribution in [1.29, 1.82) is 0 Å². The number of aromatic nitrogens is 6. The van der Waals surface area contributed by atoms with Gasteiger partial charge in [0, 0.05) is 87.2 Å². The van der Waals surface area contributed by atoms with E-state index in [0.29, 0.717) is 25.5 Å². The maximum atomic E-state index is 11.1. The van der Waals surface area contributed by atoms with Gasteiger partial charge in [-0.15, -0.1) is 0 Å². The number of hydrogen-bond donors (Lipinski definition) is 4. The minimum Gasteiger partial charge on any atom is -0.491 e. The molecule has 308 valence electrons. The zero-order valence-corrected chi connectivity index (χ0v) is 34.2. The third-order valence-electron chi connectivity index (χ3n) is 12.0. The van der Waals surface area contributed by atoms with Gasteiger partial charge < -0.3 is 25.3 Å². The molecule has 10 rings (SSSR count). The van der Waals surface area contributed by atoms with Crippen LogP contribution in [-0.4, -0.2) is 101 Å². The Morgan fingerprint density at radius 1 is 0.721 bits per heavy atom. The molecule has 0 aliphatic carbocycles. The topological polar surface area (TPSA) is 140 Å². The number of nitrogens with one attached hydrogen (secondary N) is 2. The average molecular weight is 812 g/mol. The van der Waals surface area contributed by atoms with E-state index in [4.69, 9.17) is 9.72 Å². The largest absolute Gasteiger partial charge is 0.491 e. The van der Waals surface area contributed by atoms with E-state index in [-0.39, 0.29) is 6.61 Å². The SMILES string of the molecule is Cn1cc2ccc(-c3cc(NCC(O)CN4CCc5ccc(-c6ccc(-c7cccc(OCC(O)CN8CCc9ccccc9C8)c7)c7[nH]cnc67)cc5C4)ncn3)cc2n1. The Morgan fingerprint density at radius 3 is 2.38 bits per heavy atom. The highest BCUT2D eigenvalue weighted by Gasteiger charge is 2.22. The van der Waals surface area contributed by atoms with E-state index in [1.54, 1.807) is 12.7 Å². The Kier molecular flexibility index (Phi) is 10.7. The Balaban J connectivity index is 0.768. The fourth-order valence-electron chi connectivity index (χ4n) is 8.95. The number of ether oxygens (including phenoxy) is 1. The molecule has 4 N–H and O–H groups in total. The second-order valence-corrected chi connectivity index (χ2v) is 16.4. The molecule has 12 nitrogen and oxygen atoms in total. The highest BCUT2D eigenvalue weighted by molar-refractivity contribution is 6.00. The smallest absolute Gasteiger partial charge is 0.130 e. The fraction of sp³-hybridized carbons (Fsp3) is 0.265. The van der Waals surface area contributed by atoms with Crippen molar-refractivity contribution in [3.63, 3.8) is 0 Å². The number of nitrogens with zero attached hydrogens (tertiary/aromatic N) is 7. The Morgan fingerprint density at radius 2 is 1.49 bits per heavy atom. The molecule has 61 heavy (non-hydrogen) atoms. The van der Waals surface area contributed by atoms with Gasteiger partial charge in [-0.1, -0.05) is 72.8 Å². The van der Waals surface area contributed by atoms with Crippen LogP contribution in [0.4, 0.5) is 5.82 Å². The van der Waals surface area contributed by atoms with E-state index in [1.807, 2.05) is 60.4 Å². The predicted octanol–water partition coefficient (Wildman–Crippen LogP) is 6.87. The average Bonchev–Trinajstić information content (AvgIpc) is 3.93. The Hall–Kier alpha value is -6.44. The van der Waals surface area contributed by atoms with Crippen LogP contribution < -0.4 is 10.1 Å². The number of imidazole rings is 1. The van der Waals surface area contributed by atoms with Crippen molar-refractivity contribution in [3.05, 3.63) is 144 Å². The summed E-state index contributed by atoms with van der Waals surface area (Å²) in [6.45, 7) is 5.13. The lowest BCUT2D eigenvalue weighted by atomic mass is 9.92. The molecule has 5 aromatic carbocycles. The first-order valence-corrected chi connectivity index (χ1v) is 21.1. The van der Waals surface area contributed by atoms with Crippen LogP contribution in [0, 0.1) is 0 Å². The maximum Gasteiger partial charge on any atom is 0.130 e. The number of aliphatic hydroxyl groups is 2. The van der Waals surface area contributed by atoms with Crippen molar-refractivity contribution in [2.45, 2.75) is 38.1 Å². The van der Waals surface area contributed by atoms with E-state index >= 15 is 0 Å². The molecule has 0 spiro atoms. The standard InChI is InChI=1S/C49H49N9O3/c1-56-24-38-12-11-36(21-46(38)55-56)45-22-47(52-30-51-45)50-23-40(59)27-58-18-16-33-9-10-35(19-39(33)26-58)44-14-13-43(48-49(44)54-31-53-48)34-7-4-8-42(20-34)61-29-41(60)28-57-17-15-32-5-2-3-6-37(32)25-57/h2-14,19-22,24,30-31,40-41,59-60H,15-18,23,25-29H2,1H3,(H,53,54)(H,50,51,52). The van der Waals surface area contributed by atoms with Gasteiger partial charge in [0.2, 0.25) is 0 Å². The molecule has 12 heteroatoms. The lowest BCUT2D eigenvalue weighted by Gasteiger charge is -2.31. The molecular weight excluding hydrogens is 763 g/mol. The summed E-state index contributed by atoms with van der Waals surface area (Å²) >= 11 is 0. The molecule has 0 bridgehead atoms. The van der Waals surface area contributed by atoms with Crippen LogP contribution in [0.1, 0.15) is 22.3 Å². The second-order valence-electron chi connectivity index (χ2n) is 16.4. The van der Waals surface area contributed by atoms with Crippen LogP contribution in [-0.2, 0) is 33.0 Å². The minimum absolute atomic E-state index is 0.223. The van der Waals surface area contributed by atoms with Gasteiger partial charge in [-0.3, -0.25) is 14.5 Å². The van der Waals surface area contributed by atoms with Crippen LogP contribution >= 0.6 is 0 Å². The zero-order valence-electron chi connectivity index (χ0n) is 34.2. The molecule has 0 fully saturated rings. The monoisotopic (exact) mass is 811 g/mol. The van der Waals surface area contributed by atoms with Gasteiger partial charge in [0.25, 0.3) is 0 Å². The molecule has 0 radical (unpaired) electrons. The van der Waals surface area contributed by atoms with Gasteiger partial charge in [0.1, 0.15) is 30.6 Å². The number of fused-ring (bicyclic) bond motifs is 4. The molecule has 5 heterocycles. The van der Waals surface area contributed by atoms with Crippen molar-refractivity contribution in [2.75, 3.05) is 44.6 Å². The summed E-state index contributed by atoms with van der Waals surface area (Å²) in [5.74, 6) is 1.39. The van der Waals surface area contributed by atoms with Gasteiger partial charge in [-0.2, -0.15) is 5.10 Å². The molecule has 2 aliphatic heterocycles.